The zero-order chi connectivity index (χ0) is 39.7. The van der Waals surface area contributed by atoms with Crippen LogP contribution >= 0.6 is 7.92 Å². The van der Waals surface area contributed by atoms with Crippen LogP contribution in [0.15, 0.2) is 200 Å². The quantitative estimate of drug-likeness (QED) is 0.123. The maximum atomic E-state index is 2.51. The second-order valence-electron chi connectivity index (χ2n) is 17.2. The van der Waals surface area contributed by atoms with Gasteiger partial charge in [0.15, 0.2) is 0 Å². The third-order valence-corrected chi connectivity index (χ3v) is 16.3. The Labute approximate surface area is 351 Å². The Morgan fingerprint density at radius 3 is 1.47 bits per heavy atom. The van der Waals surface area contributed by atoms with Gasteiger partial charge < -0.3 is 0 Å². The van der Waals surface area contributed by atoms with E-state index in [1.807, 2.05) is 0 Å². The van der Waals surface area contributed by atoms with Crippen LogP contribution in [0.1, 0.15) is 25.0 Å². The molecule has 1 heteroatoms. The van der Waals surface area contributed by atoms with Gasteiger partial charge in [0.1, 0.15) is 0 Å². The standard InChI is InChI=1S/C59H39P/c1-59(2)53-32-37(28-31-50(53)58-51-25-13-24-49-45-20-7-8-21-46(45)52(57(49)51)35-54(58)59)36-26-29-40(30-27-36)60(55-33-38-14-3-5-16-41(38)43-18-9-11-22-47(43)55)56-34-39-15-4-6-17-42(39)44-19-10-12-23-48(44)56/h3-35H,1-2H3. The van der Waals surface area contributed by atoms with E-state index in [2.05, 4.69) is 214 Å². The van der Waals surface area contributed by atoms with Crippen LogP contribution in [0.25, 0.3) is 98.4 Å². The smallest absolute Gasteiger partial charge is 0.0159 e. The Morgan fingerprint density at radius 2 is 0.833 bits per heavy atom. The van der Waals surface area contributed by atoms with Gasteiger partial charge in [-0.15, -0.1) is 0 Å². The van der Waals surface area contributed by atoms with Crippen molar-refractivity contribution < 1.29 is 0 Å². The van der Waals surface area contributed by atoms with Gasteiger partial charge in [-0.05, 0) is 158 Å². The van der Waals surface area contributed by atoms with Gasteiger partial charge in [-0.25, -0.2) is 0 Å². The lowest BCUT2D eigenvalue weighted by Crippen LogP contribution is -2.22. The minimum atomic E-state index is -0.961. The predicted octanol–water partition coefficient (Wildman–Crippen LogP) is 14.8. The molecule has 11 aromatic carbocycles. The molecule has 0 fully saturated rings. The highest BCUT2D eigenvalue weighted by Crippen LogP contribution is 2.57. The van der Waals surface area contributed by atoms with Crippen LogP contribution in [0.3, 0.4) is 0 Å². The fraction of sp³-hybridized carbons (Fsp3) is 0.0508. The number of hydrogen-bond donors (Lipinski definition) is 0. The Hall–Kier alpha value is -6.85. The Balaban J connectivity index is 0.981. The fourth-order valence-corrected chi connectivity index (χ4v) is 13.6. The molecule has 60 heavy (non-hydrogen) atoms. The Kier molecular flexibility index (Phi) is 7.14. The largest absolute Gasteiger partial charge is 0.0616 e. The van der Waals surface area contributed by atoms with Crippen molar-refractivity contribution in [2.45, 2.75) is 19.3 Å². The van der Waals surface area contributed by atoms with Crippen molar-refractivity contribution in [3.63, 3.8) is 0 Å². The lowest BCUT2D eigenvalue weighted by Gasteiger charge is -2.25. The summed E-state index contributed by atoms with van der Waals surface area (Å²) >= 11 is 0. The SMILES string of the molecule is CC1(C)c2cc(-c3ccc(P(c4cc5ccccc5c5ccccc45)c4cc5ccccc5c5ccccc45)cc3)ccc2-c2c1cc1c3c(cccc23)-c2ccccc2-1. The minimum absolute atomic E-state index is 0.137. The van der Waals surface area contributed by atoms with E-state index in [0.29, 0.717) is 0 Å². The highest BCUT2D eigenvalue weighted by atomic mass is 31.1. The van der Waals surface area contributed by atoms with Crippen LogP contribution in [0.2, 0.25) is 0 Å². The number of hydrogen-bond acceptors (Lipinski definition) is 0. The van der Waals surface area contributed by atoms with Gasteiger partial charge in [0.2, 0.25) is 0 Å². The van der Waals surface area contributed by atoms with Gasteiger partial charge in [0.05, 0.1) is 0 Å². The third-order valence-electron chi connectivity index (χ3n) is 13.7. The molecule has 0 unspecified atom stereocenters. The van der Waals surface area contributed by atoms with Crippen LogP contribution in [-0.4, -0.2) is 0 Å². The summed E-state index contributed by atoms with van der Waals surface area (Å²) in [5, 5.41) is 17.4. The van der Waals surface area contributed by atoms with Gasteiger partial charge in [-0.2, -0.15) is 0 Å². The molecule has 2 aliphatic rings. The molecule has 0 amide bonds. The van der Waals surface area contributed by atoms with Crippen molar-refractivity contribution in [2.24, 2.45) is 0 Å². The van der Waals surface area contributed by atoms with Crippen molar-refractivity contribution in [1.29, 1.82) is 0 Å². The highest BCUT2D eigenvalue weighted by molar-refractivity contribution is 7.80. The van der Waals surface area contributed by atoms with Crippen molar-refractivity contribution >= 4 is 77.7 Å². The van der Waals surface area contributed by atoms with Crippen LogP contribution in [-0.2, 0) is 5.41 Å². The minimum Gasteiger partial charge on any atom is -0.0616 e. The van der Waals surface area contributed by atoms with Crippen LogP contribution in [0.5, 0.6) is 0 Å². The molecular formula is C59H39P. The Morgan fingerprint density at radius 1 is 0.333 bits per heavy atom. The summed E-state index contributed by atoms with van der Waals surface area (Å²) in [4.78, 5) is 0. The number of benzene rings is 11. The van der Waals surface area contributed by atoms with E-state index in [1.165, 1.54) is 125 Å². The van der Waals surface area contributed by atoms with Gasteiger partial charge in [0.25, 0.3) is 0 Å². The number of fused-ring (bicyclic) bond motifs is 13. The average molecular weight is 779 g/mol. The monoisotopic (exact) mass is 778 g/mol. The summed E-state index contributed by atoms with van der Waals surface area (Å²) in [7, 11) is -0.961. The summed E-state index contributed by atoms with van der Waals surface area (Å²) in [6.07, 6.45) is 0. The number of rotatable bonds is 4. The van der Waals surface area contributed by atoms with Gasteiger partial charge in [0, 0.05) is 5.41 Å². The van der Waals surface area contributed by atoms with E-state index in [-0.39, 0.29) is 5.41 Å². The van der Waals surface area contributed by atoms with E-state index in [9.17, 15) is 0 Å². The van der Waals surface area contributed by atoms with E-state index in [1.54, 1.807) is 0 Å². The molecule has 0 heterocycles. The molecular weight excluding hydrogens is 740 g/mol. The maximum absolute atomic E-state index is 2.51. The van der Waals surface area contributed by atoms with Crippen LogP contribution in [0, 0.1) is 0 Å². The molecule has 0 aromatic heterocycles. The average Bonchev–Trinajstić information content (AvgIpc) is 3.75. The van der Waals surface area contributed by atoms with E-state index < -0.39 is 7.92 Å². The molecule has 2 aliphatic carbocycles. The molecule has 13 rings (SSSR count). The molecule has 0 aliphatic heterocycles. The predicted molar refractivity (Wildman–Crippen MR) is 260 cm³/mol. The first-order valence-corrected chi connectivity index (χ1v) is 22.4. The van der Waals surface area contributed by atoms with Gasteiger partial charge in [-0.1, -0.05) is 190 Å². The second kappa shape index (κ2) is 12.6. The van der Waals surface area contributed by atoms with Crippen molar-refractivity contribution in [1.82, 2.24) is 0 Å². The molecule has 0 N–H and O–H groups in total. The topological polar surface area (TPSA) is 0 Å². The highest BCUT2D eigenvalue weighted by Gasteiger charge is 2.39. The zero-order valence-corrected chi connectivity index (χ0v) is 34.4. The summed E-state index contributed by atoms with van der Waals surface area (Å²) in [5.74, 6) is 0. The maximum Gasteiger partial charge on any atom is 0.0159 e. The van der Waals surface area contributed by atoms with Gasteiger partial charge >= 0.3 is 0 Å². The molecule has 0 bridgehead atoms. The molecule has 11 aromatic rings. The van der Waals surface area contributed by atoms with Crippen molar-refractivity contribution in [2.75, 3.05) is 0 Å². The first-order valence-electron chi connectivity index (χ1n) is 21.1. The molecule has 280 valence electrons. The molecule has 0 nitrogen and oxygen atoms in total. The first kappa shape index (κ1) is 34.1. The van der Waals surface area contributed by atoms with E-state index in [4.69, 9.17) is 0 Å². The van der Waals surface area contributed by atoms with E-state index in [0.717, 1.165) is 0 Å². The second-order valence-corrected chi connectivity index (χ2v) is 19.4. The van der Waals surface area contributed by atoms with Crippen LogP contribution < -0.4 is 15.9 Å². The summed E-state index contributed by atoms with van der Waals surface area (Å²) < 4.78 is 0. The molecule has 0 saturated carbocycles. The summed E-state index contributed by atoms with van der Waals surface area (Å²) in [5.41, 5.74) is 13.4. The van der Waals surface area contributed by atoms with Gasteiger partial charge in [-0.3, -0.25) is 0 Å². The van der Waals surface area contributed by atoms with Crippen molar-refractivity contribution in [3.05, 3.63) is 211 Å². The van der Waals surface area contributed by atoms with Crippen molar-refractivity contribution in [3.8, 4) is 44.5 Å². The molecule has 0 spiro atoms. The summed E-state index contributed by atoms with van der Waals surface area (Å²) in [6, 6.07) is 76.0. The zero-order valence-electron chi connectivity index (χ0n) is 33.5. The lowest BCUT2D eigenvalue weighted by molar-refractivity contribution is 0.661. The van der Waals surface area contributed by atoms with Crippen LogP contribution in [0.4, 0.5) is 0 Å². The molecule has 0 radical (unpaired) electrons. The molecule has 0 saturated heterocycles. The first-order chi connectivity index (χ1) is 29.5. The Bertz CT molecular complexity index is 3510. The molecule has 0 atom stereocenters. The normalized spacial score (nSPS) is 13.4. The lowest BCUT2D eigenvalue weighted by atomic mass is 9.80. The third kappa shape index (κ3) is 4.72. The fourth-order valence-electron chi connectivity index (χ4n) is 10.9. The van der Waals surface area contributed by atoms with E-state index >= 15 is 0 Å². The summed E-state index contributed by atoms with van der Waals surface area (Å²) in [6.45, 7) is 4.84.